The van der Waals surface area contributed by atoms with Gasteiger partial charge in [-0.25, -0.2) is 0 Å². The zero-order valence-corrected chi connectivity index (χ0v) is 17.3. The third-order valence-electron chi connectivity index (χ3n) is 5.30. The number of nitrogens with one attached hydrogen (secondary N) is 1. The fourth-order valence-electron chi connectivity index (χ4n) is 3.84. The number of aryl methyl sites for hydroxylation is 2. The quantitative estimate of drug-likeness (QED) is 0.397. The second kappa shape index (κ2) is 9.13. The Morgan fingerprint density at radius 2 is 2.21 bits per heavy atom. The Balaban J connectivity index is 1.36. The molecule has 0 spiro atoms. The van der Waals surface area contributed by atoms with Crippen LogP contribution >= 0.6 is 0 Å². The van der Waals surface area contributed by atoms with Crippen molar-refractivity contribution in [3.05, 3.63) is 54.5 Å². The highest BCUT2D eigenvalue weighted by Gasteiger charge is 2.25. The number of rotatable bonds is 6. The molecule has 0 aliphatic carbocycles. The predicted molar refractivity (Wildman–Crippen MR) is 116 cm³/mol. The number of para-hydroxylation sites is 1. The Labute approximate surface area is 172 Å². The Kier molecular flexibility index (Phi) is 6.14. The van der Waals surface area contributed by atoms with E-state index in [9.17, 15) is 0 Å². The molecule has 4 rings (SSSR count). The number of aliphatic imine (C=N–C) groups is 1. The van der Waals surface area contributed by atoms with Gasteiger partial charge in [0, 0.05) is 56.7 Å². The second-order valence-electron chi connectivity index (χ2n) is 7.41. The monoisotopic (exact) mass is 394 g/mol. The van der Waals surface area contributed by atoms with Gasteiger partial charge in [0.2, 0.25) is 0 Å². The number of aromatic nitrogens is 3. The molecule has 0 bridgehead atoms. The van der Waals surface area contributed by atoms with E-state index in [-0.39, 0.29) is 6.10 Å². The summed E-state index contributed by atoms with van der Waals surface area (Å²) >= 11 is 0. The van der Waals surface area contributed by atoms with Crippen LogP contribution in [0.4, 0.5) is 0 Å². The number of hydrogen-bond donors (Lipinski definition) is 1. The minimum atomic E-state index is 0.0348. The second-order valence-corrected chi connectivity index (χ2v) is 7.41. The van der Waals surface area contributed by atoms with E-state index < -0.39 is 0 Å². The third kappa shape index (κ3) is 4.62. The van der Waals surface area contributed by atoms with Gasteiger partial charge in [0.05, 0.1) is 19.3 Å². The minimum Gasteiger partial charge on any atom is -0.370 e. The smallest absolute Gasteiger partial charge is 0.194 e. The number of guanidine groups is 1. The maximum Gasteiger partial charge on any atom is 0.194 e. The summed E-state index contributed by atoms with van der Waals surface area (Å²) in [4.78, 5) is 7.19. The molecule has 1 aliphatic heterocycles. The molecule has 29 heavy (non-hydrogen) atoms. The molecule has 3 aromatic rings. The number of nitrogens with zero attached hydrogens (tertiary/aromatic N) is 5. The molecule has 1 N–H and O–H groups in total. The van der Waals surface area contributed by atoms with Crippen LogP contribution in [0.5, 0.6) is 0 Å². The lowest BCUT2D eigenvalue weighted by atomic mass is 10.1. The molecular weight excluding hydrogens is 364 g/mol. The summed E-state index contributed by atoms with van der Waals surface area (Å²) in [5.41, 5.74) is 2.41. The van der Waals surface area contributed by atoms with Gasteiger partial charge in [0.25, 0.3) is 0 Å². The molecule has 2 aromatic heterocycles. The summed E-state index contributed by atoms with van der Waals surface area (Å²) in [6, 6.07) is 10.7. The first-order chi connectivity index (χ1) is 14.2. The number of hydrogen-bond acceptors (Lipinski definition) is 3. The van der Waals surface area contributed by atoms with Gasteiger partial charge >= 0.3 is 0 Å². The molecule has 1 aliphatic rings. The van der Waals surface area contributed by atoms with E-state index in [2.05, 4.69) is 63.3 Å². The van der Waals surface area contributed by atoms with Crippen LogP contribution in [-0.2, 0) is 18.3 Å². The molecule has 1 unspecified atom stereocenters. The van der Waals surface area contributed by atoms with Crippen LogP contribution in [0.2, 0.25) is 0 Å². The molecule has 1 fully saturated rings. The summed E-state index contributed by atoms with van der Waals surface area (Å²) in [6.45, 7) is 7.07. The average molecular weight is 395 g/mol. The van der Waals surface area contributed by atoms with Gasteiger partial charge in [-0.15, -0.1) is 0 Å². The zero-order valence-electron chi connectivity index (χ0n) is 17.3. The van der Waals surface area contributed by atoms with Crippen LogP contribution in [0.3, 0.4) is 0 Å². The van der Waals surface area contributed by atoms with E-state index in [1.165, 1.54) is 10.9 Å². The number of morpholine rings is 1. The van der Waals surface area contributed by atoms with Crippen molar-refractivity contribution >= 4 is 16.9 Å². The van der Waals surface area contributed by atoms with Crippen molar-refractivity contribution < 1.29 is 4.74 Å². The number of benzene rings is 1. The van der Waals surface area contributed by atoms with E-state index in [0.717, 1.165) is 50.7 Å². The van der Waals surface area contributed by atoms with Crippen LogP contribution in [-0.4, -0.2) is 58.0 Å². The topological polar surface area (TPSA) is 59.6 Å². The predicted octanol–water partition coefficient (Wildman–Crippen LogP) is 2.80. The molecule has 0 amide bonds. The molecule has 0 saturated carbocycles. The first kappa shape index (κ1) is 19.5. The van der Waals surface area contributed by atoms with E-state index >= 15 is 0 Å². The van der Waals surface area contributed by atoms with E-state index in [0.29, 0.717) is 6.61 Å². The van der Waals surface area contributed by atoms with Crippen molar-refractivity contribution in [1.29, 1.82) is 0 Å². The van der Waals surface area contributed by atoms with Gasteiger partial charge < -0.3 is 19.5 Å². The first-order valence-electron chi connectivity index (χ1n) is 10.4. The summed E-state index contributed by atoms with van der Waals surface area (Å²) in [6.07, 6.45) is 7.12. The van der Waals surface area contributed by atoms with Gasteiger partial charge in [0.1, 0.15) is 6.10 Å². The molecule has 0 radical (unpaired) electrons. The summed E-state index contributed by atoms with van der Waals surface area (Å²) in [5.74, 6) is 0.974. The van der Waals surface area contributed by atoms with E-state index in [4.69, 9.17) is 9.73 Å². The molecule has 7 heteroatoms. The first-order valence-corrected chi connectivity index (χ1v) is 10.4. The highest BCUT2D eigenvalue weighted by Crippen LogP contribution is 2.21. The van der Waals surface area contributed by atoms with Gasteiger partial charge in [-0.2, -0.15) is 5.10 Å². The van der Waals surface area contributed by atoms with Crippen molar-refractivity contribution in [2.24, 2.45) is 12.0 Å². The Morgan fingerprint density at radius 1 is 1.31 bits per heavy atom. The van der Waals surface area contributed by atoms with Gasteiger partial charge in [-0.05, 0) is 30.9 Å². The third-order valence-corrected chi connectivity index (χ3v) is 5.30. The number of fused-ring (bicyclic) bond motifs is 1. The lowest BCUT2D eigenvalue weighted by Crippen LogP contribution is -2.48. The van der Waals surface area contributed by atoms with Crippen LogP contribution in [0.25, 0.3) is 10.9 Å². The highest BCUT2D eigenvalue weighted by atomic mass is 16.5. The number of ether oxygens (including phenoxy) is 1. The normalized spacial score (nSPS) is 17.8. The maximum atomic E-state index is 5.97. The average Bonchev–Trinajstić information content (AvgIpc) is 3.37. The Bertz CT molecular complexity index is 959. The van der Waals surface area contributed by atoms with Crippen LogP contribution in [0, 0.1) is 0 Å². The van der Waals surface area contributed by atoms with Crippen LogP contribution in [0.1, 0.15) is 25.0 Å². The lowest BCUT2D eigenvalue weighted by molar-refractivity contribution is -0.00804. The minimum absolute atomic E-state index is 0.0348. The van der Waals surface area contributed by atoms with E-state index in [1.807, 2.05) is 24.1 Å². The standard InChI is InChI=1S/C22H30N6O/c1-3-23-22(28-13-14-29-21(17-28)19-15-25-26(2)16-19)24-10-6-11-27-12-9-18-7-4-5-8-20(18)27/h4-5,7-9,12,15-16,21H,3,6,10-11,13-14,17H2,1-2H3,(H,23,24). The largest absolute Gasteiger partial charge is 0.370 e. The van der Waals surface area contributed by atoms with Crippen molar-refractivity contribution in [2.75, 3.05) is 32.8 Å². The fraction of sp³-hybridized carbons (Fsp3) is 0.455. The lowest BCUT2D eigenvalue weighted by Gasteiger charge is -2.34. The molecule has 1 aromatic carbocycles. The maximum absolute atomic E-state index is 5.97. The molecular formula is C22H30N6O. The zero-order chi connectivity index (χ0) is 20.1. The van der Waals surface area contributed by atoms with Crippen molar-refractivity contribution in [3.63, 3.8) is 0 Å². The van der Waals surface area contributed by atoms with Gasteiger partial charge in [-0.3, -0.25) is 9.67 Å². The Morgan fingerprint density at radius 3 is 3.03 bits per heavy atom. The SMILES string of the molecule is CCNC(=NCCCn1ccc2ccccc21)N1CCOC(c2cnn(C)c2)C1. The van der Waals surface area contributed by atoms with Crippen LogP contribution < -0.4 is 5.32 Å². The summed E-state index contributed by atoms with van der Waals surface area (Å²) < 4.78 is 10.1. The molecule has 154 valence electrons. The summed E-state index contributed by atoms with van der Waals surface area (Å²) in [7, 11) is 1.93. The Hall–Kier alpha value is -2.80. The van der Waals surface area contributed by atoms with Crippen molar-refractivity contribution in [1.82, 2.24) is 24.6 Å². The molecule has 3 heterocycles. The fourth-order valence-corrected chi connectivity index (χ4v) is 3.84. The van der Waals surface area contributed by atoms with E-state index in [1.54, 1.807) is 0 Å². The molecule has 1 atom stereocenters. The van der Waals surface area contributed by atoms with Gasteiger partial charge in [-0.1, -0.05) is 18.2 Å². The van der Waals surface area contributed by atoms with Crippen molar-refractivity contribution in [3.8, 4) is 0 Å². The molecule has 1 saturated heterocycles. The van der Waals surface area contributed by atoms with Crippen LogP contribution in [0.15, 0.2) is 53.9 Å². The molecule has 7 nitrogen and oxygen atoms in total. The summed E-state index contributed by atoms with van der Waals surface area (Å²) in [5, 5.41) is 9.01. The highest BCUT2D eigenvalue weighted by molar-refractivity contribution is 5.80. The van der Waals surface area contributed by atoms with Gasteiger partial charge in [0.15, 0.2) is 5.96 Å². The van der Waals surface area contributed by atoms with Crippen molar-refractivity contribution in [2.45, 2.75) is 26.0 Å².